The quantitative estimate of drug-likeness (QED) is 0.764. The lowest BCUT2D eigenvalue weighted by Crippen LogP contribution is -2.53. The molecule has 3 rings (SSSR count). The zero-order chi connectivity index (χ0) is 13.3. The lowest BCUT2D eigenvalue weighted by molar-refractivity contribution is -0.123. The summed E-state index contributed by atoms with van der Waals surface area (Å²) in [5.41, 5.74) is 2.07. The summed E-state index contributed by atoms with van der Waals surface area (Å²) in [5, 5.41) is 9.84. The molecule has 4 nitrogen and oxygen atoms in total. The van der Waals surface area contributed by atoms with E-state index in [0.717, 1.165) is 24.2 Å². The van der Waals surface area contributed by atoms with E-state index >= 15 is 0 Å². The second-order valence-corrected chi connectivity index (χ2v) is 5.88. The van der Waals surface area contributed by atoms with Crippen LogP contribution in [0.25, 0.3) is 0 Å². The summed E-state index contributed by atoms with van der Waals surface area (Å²) in [6.07, 6.45) is 4.62. The fourth-order valence-electron chi connectivity index (χ4n) is 3.04. The van der Waals surface area contributed by atoms with E-state index in [0.29, 0.717) is 6.54 Å². The van der Waals surface area contributed by atoms with Crippen LogP contribution in [0.2, 0.25) is 0 Å². The minimum absolute atomic E-state index is 0.00424. The second kappa shape index (κ2) is 4.76. The summed E-state index contributed by atoms with van der Waals surface area (Å²) in [6.45, 7) is 2.79. The third-order valence-corrected chi connectivity index (χ3v) is 4.20. The first-order valence-electron chi connectivity index (χ1n) is 7.08. The van der Waals surface area contributed by atoms with E-state index in [4.69, 9.17) is 0 Å². The molecule has 1 aromatic carbocycles. The molecule has 1 aliphatic heterocycles. The van der Waals surface area contributed by atoms with Crippen molar-refractivity contribution in [3.63, 3.8) is 0 Å². The third-order valence-electron chi connectivity index (χ3n) is 4.20. The van der Waals surface area contributed by atoms with Gasteiger partial charge in [-0.2, -0.15) is 0 Å². The van der Waals surface area contributed by atoms with Gasteiger partial charge in [-0.1, -0.05) is 25.0 Å². The molecule has 19 heavy (non-hydrogen) atoms. The molecule has 1 aliphatic carbocycles. The van der Waals surface area contributed by atoms with Crippen LogP contribution in [0, 0.1) is 0 Å². The van der Waals surface area contributed by atoms with Crippen LogP contribution in [0.1, 0.15) is 32.6 Å². The van der Waals surface area contributed by atoms with Crippen molar-refractivity contribution in [2.24, 2.45) is 0 Å². The van der Waals surface area contributed by atoms with Gasteiger partial charge >= 0.3 is 0 Å². The highest BCUT2D eigenvalue weighted by atomic mass is 16.2. The van der Waals surface area contributed by atoms with Crippen LogP contribution in [0.5, 0.6) is 0 Å². The largest absolute Gasteiger partial charge is 0.381 e. The Hall–Kier alpha value is -1.71. The van der Waals surface area contributed by atoms with Crippen molar-refractivity contribution in [3.8, 4) is 0 Å². The molecule has 0 radical (unpaired) electrons. The van der Waals surface area contributed by atoms with Crippen LogP contribution in [-0.2, 0) is 4.79 Å². The normalized spacial score (nSPS) is 23.9. The lowest BCUT2D eigenvalue weighted by Gasteiger charge is -2.32. The maximum absolute atomic E-state index is 12.4. The Bertz CT molecular complexity index is 480. The van der Waals surface area contributed by atoms with E-state index in [1.54, 1.807) is 0 Å². The number of para-hydroxylation sites is 2. The average molecular weight is 259 g/mol. The summed E-state index contributed by atoms with van der Waals surface area (Å²) in [6, 6.07) is 7.81. The topological polar surface area (TPSA) is 53.2 Å². The molecule has 0 saturated heterocycles. The van der Waals surface area contributed by atoms with E-state index in [9.17, 15) is 4.79 Å². The number of rotatable bonds is 2. The molecular weight excluding hydrogens is 238 g/mol. The lowest BCUT2D eigenvalue weighted by atomic mass is 10.00. The average Bonchev–Trinajstić information content (AvgIpc) is 2.84. The Kier molecular flexibility index (Phi) is 3.09. The number of nitrogens with one attached hydrogen (secondary N) is 3. The second-order valence-electron chi connectivity index (χ2n) is 5.88. The number of hydrogen-bond acceptors (Lipinski definition) is 3. The number of anilines is 2. The number of amides is 1. The Morgan fingerprint density at radius 1 is 1.26 bits per heavy atom. The molecule has 1 saturated carbocycles. The van der Waals surface area contributed by atoms with Gasteiger partial charge in [0.25, 0.3) is 0 Å². The number of carbonyl (C=O) groups excluding carboxylic acids is 1. The number of fused-ring (bicyclic) bond motifs is 1. The van der Waals surface area contributed by atoms with Gasteiger partial charge in [-0.3, -0.25) is 4.79 Å². The zero-order valence-electron chi connectivity index (χ0n) is 11.3. The first-order chi connectivity index (χ1) is 9.16. The molecule has 1 heterocycles. The van der Waals surface area contributed by atoms with Gasteiger partial charge in [0.15, 0.2) is 0 Å². The molecule has 3 N–H and O–H groups in total. The molecule has 0 bridgehead atoms. The molecule has 1 fully saturated rings. The highest BCUT2D eigenvalue weighted by molar-refractivity contribution is 5.89. The van der Waals surface area contributed by atoms with E-state index in [-0.39, 0.29) is 17.5 Å². The summed E-state index contributed by atoms with van der Waals surface area (Å²) >= 11 is 0. The Morgan fingerprint density at radius 2 is 1.95 bits per heavy atom. The van der Waals surface area contributed by atoms with Gasteiger partial charge in [-0.15, -0.1) is 0 Å². The maximum atomic E-state index is 12.4. The minimum atomic E-state index is -0.188. The van der Waals surface area contributed by atoms with Crippen molar-refractivity contribution >= 4 is 17.3 Å². The van der Waals surface area contributed by atoms with Gasteiger partial charge in [0.2, 0.25) is 5.91 Å². The van der Waals surface area contributed by atoms with Crippen LogP contribution in [-0.4, -0.2) is 24.0 Å². The first kappa shape index (κ1) is 12.3. The predicted octanol–water partition coefficient (Wildman–Crippen LogP) is 2.34. The fourth-order valence-corrected chi connectivity index (χ4v) is 3.04. The van der Waals surface area contributed by atoms with Gasteiger partial charge in [-0.25, -0.2) is 0 Å². The summed E-state index contributed by atoms with van der Waals surface area (Å²) in [4.78, 5) is 12.4. The van der Waals surface area contributed by atoms with Crippen molar-refractivity contribution in [1.29, 1.82) is 0 Å². The van der Waals surface area contributed by atoms with Crippen LogP contribution in [0.3, 0.4) is 0 Å². The van der Waals surface area contributed by atoms with Crippen LogP contribution in [0.15, 0.2) is 24.3 Å². The fraction of sp³-hybridized carbons (Fsp3) is 0.533. The van der Waals surface area contributed by atoms with Crippen LogP contribution in [0.4, 0.5) is 11.4 Å². The van der Waals surface area contributed by atoms with Crippen molar-refractivity contribution in [1.82, 2.24) is 5.32 Å². The van der Waals surface area contributed by atoms with E-state index < -0.39 is 0 Å². The molecule has 4 heteroatoms. The highest BCUT2D eigenvalue weighted by Crippen LogP contribution is 2.30. The first-order valence-corrected chi connectivity index (χ1v) is 7.08. The Labute approximate surface area is 114 Å². The van der Waals surface area contributed by atoms with Gasteiger partial charge in [0.1, 0.15) is 6.04 Å². The molecule has 102 valence electrons. The molecule has 0 spiro atoms. The number of hydrogen-bond donors (Lipinski definition) is 3. The van der Waals surface area contributed by atoms with Crippen LogP contribution < -0.4 is 16.0 Å². The van der Waals surface area contributed by atoms with E-state index in [1.165, 1.54) is 12.8 Å². The van der Waals surface area contributed by atoms with Gasteiger partial charge in [-0.05, 0) is 31.9 Å². The Morgan fingerprint density at radius 3 is 2.68 bits per heavy atom. The monoisotopic (exact) mass is 259 g/mol. The molecule has 1 aromatic rings. The highest BCUT2D eigenvalue weighted by Gasteiger charge is 2.33. The molecule has 0 aromatic heterocycles. The molecule has 1 amide bonds. The minimum Gasteiger partial charge on any atom is -0.381 e. The summed E-state index contributed by atoms with van der Waals surface area (Å²) < 4.78 is 0. The van der Waals surface area contributed by atoms with E-state index in [2.05, 4.69) is 22.9 Å². The molecular formula is C15H21N3O. The van der Waals surface area contributed by atoms with Crippen molar-refractivity contribution in [2.45, 2.75) is 44.2 Å². The molecule has 1 atom stereocenters. The van der Waals surface area contributed by atoms with Gasteiger partial charge in [0, 0.05) is 12.1 Å². The smallest absolute Gasteiger partial charge is 0.244 e. The SMILES string of the molecule is CC1(NC(=O)C2CNc3ccccc3N2)CCCC1. The van der Waals surface area contributed by atoms with Crippen molar-refractivity contribution in [2.75, 3.05) is 17.2 Å². The van der Waals surface area contributed by atoms with Crippen molar-refractivity contribution in [3.05, 3.63) is 24.3 Å². The van der Waals surface area contributed by atoms with Gasteiger partial charge < -0.3 is 16.0 Å². The standard InChI is InChI=1S/C15H21N3O/c1-15(8-4-5-9-15)18-14(19)13-10-16-11-6-2-3-7-12(11)17-13/h2-3,6-7,13,16-17H,4-5,8-10H2,1H3,(H,18,19). The van der Waals surface area contributed by atoms with Crippen LogP contribution >= 0.6 is 0 Å². The van der Waals surface area contributed by atoms with Gasteiger partial charge in [0.05, 0.1) is 11.4 Å². The third kappa shape index (κ3) is 2.53. The Balaban J connectivity index is 1.66. The molecule has 2 aliphatic rings. The summed E-state index contributed by atoms with van der Waals surface area (Å²) in [5.74, 6) is 0.103. The van der Waals surface area contributed by atoms with E-state index in [1.807, 2.05) is 24.3 Å². The number of carbonyl (C=O) groups is 1. The van der Waals surface area contributed by atoms with Crippen molar-refractivity contribution < 1.29 is 4.79 Å². The molecule has 1 unspecified atom stereocenters. The zero-order valence-corrected chi connectivity index (χ0v) is 11.3. The summed E-state index contributed by atoms with van der Waals surface area (Å²) in [7, 11) is 0. The predicted molar refractivity (Wildman–Crippen MR) is 77.4 cm³/mol. The maximum Gasteiger partial charge on any atom is 0.244 e. The number of benzene rings is 1.